The van der Waals surface area contributed by atoms with Gasteiger partial charge in [-0.3, -0.25) is 4.90 Å². The summed E-state index contributed by atoms with van der Waals surface area (Å²) < 4.78 is 14.0. The smallest absolute Gasteiger partial charge is 0.129 e. The van der Waals surface area contributed by atoms with Crippen molar-refractivity contribution in [2.24, 2.45) is 11.7 Å². The van der Waals surface area contributed by atoms with Crippen LogP contribution < -0.4 is 5.73 Å². The summed E-state index contributed by atoms with van der Waals surface area (Å²) in [4.78, 5) is 2.36. The number of hydrogen-bond donors (Lipinski definition) is 1. The maximum absolute atomic E-state index is 14.0. The van der Waals surface area contributed by atoms with E-state index < -0.39 is 0 Å². The lowest BCUT2D eigenvalue weighted by molar-refractivity contribution is 0.150. The van der Waals surface area contributed by atoms with Gasteiger partial charge in [-0.15, -0.1) is 0 Å². The number of rotatable bonds is 3. The molecule has 2 nitrogen and oxygen atoms in total. The summed E-state index contributed by atoms with van der Waals surface area (Å²) in [6.07, 6.45) is 3.76. The van der Waals surface area contributed by atoms with Crippen LogP contribution in [0.4, 0.5) is 4.39 Å². The predicted octanol–water partition coefficient (Wildman–Crippen LogP) is 2.96. The maximum atomic E-state index is 14.0. The fraction of sp³-hybridized carbons (Fsp3) is 0.571. The molecule has 0 aromatic heterocycles. The molecule has 3 atom stereocenters. The molecule has 0 spiro atoms. The SMILES string of the molecule is NCC(c1c(F)cccc1Cl)N1CC2CCC1C2. The summed E-state index contributed by atoms with van der Waals surface area (Å²) in [6.45, 7) is 1.46. The second-order valence-corrected chi connectivity index (χ2v) is 5.82. The predicted molar refractivity (Wildman–Crippen MR) is 71.0 cm³/mol. The second-order valence-electron chi connectivity index (χ2n) is 5.42. The Morgan fingerprint density at radius 2 is 2.28 bits per heavy atom. The van der Waals surface area contributed by atoms with Crippen molar-refractivity contribution in [1.29, 1.82) is 0 Å². The van der Waals surface area contributed by atoms with Gasteiger partial charge in [0.15, 0.2) is 0 Å². The van der Waals surface area contributed by atoms with Crippen molar-refractivity contribution in [2.45, 2.75) is 31.3 Å². The van der Waals surface area contributed by atoms with Crippen LogP contribution in [0.2, 0.25) is 5.02 Å². The van der Waals surface area contributed by atoms with E-state index in [1.54, 1.807) is 12.1 Å². The Hall–Kier alpha value is -0.640. The van der Waals surface area contributed by atoms with Gasteiger partial charge in [0.2, 0.25) is 0 Å². The Morgan fingerprint density at radius 3 is 2.83 bits per heavy atom. The van der Waals surface area contributed by atoms with Gasteiger partial charge in [0.1, 0.15) is 5.82 Å². The van der Waals surface area contributed by atoms with Crippen LogP contribution in [0, 0.1) is 11.7 Å². The Balaban J connectivity index is 1.93. The van der Waals surface area contributed by atoms with Gasteiger partial charge in [0.05, 0.1) is 6.04 Å². The number of benzene rings is 1. The highest BCUT2D eigenvalue weighted by Gasteiger charge is 2.41. The Bertz CT molecular complexity index is 431. The molecule has 1 aliphatic heterocycles. The normalized spacial score (nSPS) is 28.8. The molecule has 1 heterocycles. The van der Waals surface area contributed by atoms with Gasteiger partial charge in [-0.1, -0.05) is 17.7 Å². The van der Waals surface area contributed by atoms with Crippen LogP contribution in [-0.4, -0.2) is 24.0 Å². The van der Waals surface area contributed by atoms with Crippen LogP contribution in [0.15, 0.2) is 18.2 Å². The van der Waals surface area contributed by atoms with Crippen LogP contribution >= 0.6 is 11.6 Å². The molecule has 18 heavy (non-hydrogen) atoms. The number of nitrogens with zero attached hydrogens (tertiary/aromatic N) is 1. The van der Waals surface area contributed by atoms with Gasteiger partial charge in [-0.2, -0.15) is 0 Å². The number of halogens is 2. The monoisotopic (exact) mass is 268 g/mol. The molecular weight excluding hydrogens is 251 g/mol. The average Bonchev–Trinajstić information content (AvgIpc) is 2.96. The molecule has 2 aliphatic rings. The standard InChI is InChI=1S/C14H18ClFN2/c15-11-2-1-3-12(16)14(11)13(7-17)18-8-9-4-5-10(18)6-9/h1-3,9-10,13H,4-8,17H2. The molecule has 2 bridgehead atoms. The third kappa shape index (κ3) is 1.94. The second kappa shape index (κ2) is 4.80. The summed E-state index contributed by atoms with van der Waals surface area (Å²) >= 11 is 6.16. The molecule has 0 radical (unpaired) electrons. The molecule has 3 unspecified atom stereocenters. The van der Waals surface area contributed by atoms with Crippen LogP contribution in [0.5, 0.6) is 0 Å². The highest BCUT2D eigenvalue weighted by molar-refractivity contribution is 6.31. The molecule has 1 aromatic carbocycles. The van der Waals surface area contributed by atoms with E-state index in [9.17, 15) is 4.39 Å². The van der Waals surface area contributed by atoms with E-state index >= 15 is 0 Å². The molecule has 2 fully saturated rings. The van der Waals surface area contributed by atoms with Gasteiger partial charge in [0, 0.05) is 29.7 Å². The number of nitrogens with two attached hydrogens (primary N) is 1. The zero-order valence-electron chi connectivity index (χ0n) is 10.3. The van der Waals surface area contributed by atoms with Crippen molar-refractivity contribution in [3.8, 4) is 0 Å². The fourth-order valence-corrected chi connectivity index (χ4v) is 3.88. The van der Waals surface area contributed by atoms with Crippen LogP contribution in [0.1, 0.15) is 30.9 Å². The molecule has 2 N–H and O–H groups in total. The lowest BCUT2D eigenvalue weighted by atomic mass is 10.0. The largest absolute Gasteiger partial charge is 0.329 e. The quantitative estimate of drug-likeness (QED) is 0.913. The fourth-order valence-electron chi connectivity index (χ4n) is 3.59. The molecule has 4 heteroatoms. The van der Waals surface area contributed by atoms with Crippen LogP contribution in [0.3, 0.4) is 0 Å². The van der Waals surface area contributed by atoms with Crippen molar-refractivity contribution < 1.29 is 4.39 Å². The Kier molecular flexibility index (Phi) is 3.31. The minimum absolute atomic E-state index is 0.0750. The highest BCUT2D eigenvalue weighted by Crippen LogP contribution is 2.43. The topological polar surface area (TPSA) is 29.3 Å². The molecule has 98 valence electrons. The summed E-state index contributed by atoms with van der Waals surface area (Å²) in [6, 6.07) is 5.35. The lowest BCUT2D eigenvalue weighted by Crippen LogP contribution is -2.39. The van der Waals surface area contributed by atoms with E-state index in [0.717, 1.165) is 12.5 Å². The highest BCUT2D eigenvalue weighted by atomic mass is 35.5. The van der Waals surface area contributed by atoms with E-state index in [1.807, 2.05) is 0 Å². The summed E-state index contributed by atoms with van der Waals surface area (Å²) in [5.41, 5.74) is 6.47. The van der Waals surface area contributed by atoms with E-state index in [0.29, 0.717) is 23.2 Å². The third-order valence-corrected chi connectivity index (χ3v) is 4.74. The molecule has 1 saturated heterocycles. The van der Waals surface area contributed by atoms with Gasteiger partial charge in [0.25, 0.3) is 0 Å². The minimum Gasteiger partial charge on any atom is -0.329 e. The first kappa shape index (κ1) is 12.4. The van der Waals surface area contributed by atoms with Crippen LogP contribution in [0.25, 0.3) is 0 Å². The first-order chi connectivity index (χ1) is 8.70. The van der Waals surface area contributed by atoms with Gasteiger partial charge >= 0.3 is 0 Å². The van der Waals surface area contributed by atoms with E-state index in [2.05, 4.69) is 4.90 Å². The summed E-state index contributed by atoms with van der Waals surface area (Å²) in [5.74, 6) is 0.537. The maximum Gasteiger partial charge on any atom is 0.129 e. The number of likely N-dealkylation sites (tertiary alicyclic amines) is 1. The zero-order valence-corrected chi connectivity index (χ0v) is 11.0. The van der Waals surface area contributed by atoms with Gasteiger partial charge in [-0.05, 0) is 37.3 Å². The summed E-state index contributed by atoms with van der Waals surface area (Å²) in [5, 5.41) is 0.494. The van der Waals surface area contributed by atoms with Crippen molar-refractivity contribution in [1.82, 2.24) is 4.90 Å². The summed E-state index contributed by atoms with van der Waals surface area (Å²) in [7, 11) is 0. The van der Waals surface area contributed by atoms with E-state index in [4.69, 9.17) is 17.3 Å². The lowest BCUT2D eigenvalue weighted by Gasteiger charge is -2.35. The number of piperidine rings is 1. The Labute approximate surface area is 112 Å². The number of hydrogen-bond acceptors (Lipinski definition) is 2. The molecule has 3 rings (SSSR count). The van der Waals surface area contributed by atoms with E-state index in [-0.39, 0.29) is 11.9 Å². The first-order valence-corrected chi connectivity index (χ1v) is 6.98. The average molecular weight is 269 g/mol. The molecular formula is C14H18ClFN2. The van der Waals surface area contributed by atoms with Crippen molar-refractivity contribution in [3.05, 3.63) is 34.6 Å². The van der Waals surface area contributed by atoms with E-state index in [1.165, 1.54) is 25.3 Å². The molecule has 1 aromatic rings. The van der Waals surface area contributed by atoms with Gasteiger partial charge in [-0.25, -0.2) is 4.39 Å². The Morgan fingerprint density at radius 1 is 1.44 bits per heavy atom. The van der Waals surface area contributed by atoms with Gasteiger partial charge < -0.3 is 5.73 Å². The minimum atomic E-state index is -0.235. The number of fused-ring (bicyclic) bond motifs is 2. The van der Waals surface area contributed by atoms with Crippen molar-refractivity contribution in [2.75, 3.05) is 13.1 Å². The first-order valence-electron chi connectivity index (χ1n) is 6.60. The zero-order chi connectivity index (χ0) is 12.7. The van der Waals surface area contributed by atoms with Crippen molar-refractivity contribution >= 4 is 11.6 Å². The van der Waals surface area contributed by atoms with Crippen molar-refractivity contribution in [3.63, 3.8) is 0 Å². The van der Waals surface area contributed by atoms with Crippen LogP contribution in [-0.2, 0) is 0 Å². The molecule has 1 aliphatic carbocycles. The third-order valence-electron chi connectivity index (χ3n) is 4.41. The molecule has 0 amide bonds. The molecule has 1 saturated carbocycles.